The lowest BCUT2D eigenvalue weighted by Gasteiger charge is -2.19. The first-order valence-electron chi connectivity index (χ1n) is 5.69. The number of pyridine rings is 1. The summed E-state index contributed by atoms with van der Waals surface area (Å²) in [7, 11) is 0. The van der Waals surface area contributed by atoms with Gasteiger partial charge in [0, 0.05) is 12.4 Å². The molecule has 18 heavy (non-hydrogen) atoms. The normalized spacial score (nSPS) is 10.9. The van der Waals surface area contributed by atoms with E-state index in [1.165, 1.54) is 18.5 Å². The first-order valence-corrected chi connectivity index (χ1v) is 5.69. The van der Waals surface area contributed by atoms with Gasteiger partial charge in [-0.2, -0.15) is 0 Å². The van der Waals surface area contributed by atoms with Crippen molar-refractivity contribution in [2.75, 3.05) is 6.61 Å². The highest BCUT2D eigenvalue weighted by atomic mass is 16.6. The molecule has 1 aromatic rings. The van der Waals surface area contributed by atoms with Crippen molar-refractivity contribution >= 4 is 11.9 Å². The molecule has 5 nitrogen and oxygen atoms in total. The van der Waals surface area contributed by atoms with Crippen molar-refractivity contribution in [1.29, 1.82) is 0 Å². The van der Waals surface area contributed by atoms with Gasteiger partial charge in [0.1, 0.15) is 5.60 Å². The van der Waals surface area contributed by atoms with E-state index in [9.17, 15) is 9.59 Å². The Balaban J connectivity index is 2.88. The van der Waals surface area contributed by atoms with Crippen LogP contribution in [0, 0.1) is 0 Å². The second kappa shape index (κ2) is 5.62. The lowest BCUT2D eigenvalue weighted by atomic mass is 10.1. The molecule has 0 atom stereocenters. The third kappa shape index (κ3) is 4.16. The molecular formula is C13H17NO4. The molecule has 0 aliphatic carbocycles. The number of ether oxygens (including phenoxy) is 2. The minimum Gasteiger partial charge on any atom is -0.462 e. The number of nitrogens with zero attached hydrogens (tertiary/aromatic N) is 1. The number of carbonyl (C=O) groups is 2. The average Bonchev–Trinajstić information content (AvgIpc) is 2.27. The van der Waals surface area contributed by atoms with Crippen molar-refractivity contribution in [3.05, 3.63) is 29.6 Å². The Morgan fingerprint density at radius 1 is 1.17 bits per heavy atom. The molecule has 0 unspecified atom stereocenters. The van der Waals surface area contributed by atoms with Gasteiger partial charge in [0.25, 0.3) is 0 Å². The second-order valence-corrected chi connectivity index (χ2v) is 4.68. The maximum atomic E-state index is 11.8. The second-order valence-electron chi connectivity index (χ2n) is 4.68. The van der Waals surface area contributed by atoms with Crippen LogP contribution in [0.4, 0.5) is 0 Å². The van der Waals surface area contributed by atoms with Crippen LogP contribution in [0.15, 0.2) is 18.5 Å². The smallest absolute Gasteiger partial charge is 0.340 e. The van der Waals surface area contributed by atoms with Crippen LogP contribution < -0.4 is 0 Å². The summed E-state index contributed by atoms with van der Waals surface area (Å²) in [6.45, 7) is 7.30. The highest BCUT2D eigenvalue weighted by Crippen LogP contribution is 2.12. The molecule has 0 amide bonds. The van der Waals surface area contributed by atoms with Crippen LogP contribution in [-0.4, -0.2) is 29.1 Å². The van der Waals surface area contributed by atoms with Crippen molar-refractivity contribution in [2.24, 2.45) is 0 Å². The molecule has 1 rings (SSSR count). The van der Waals surface area contributed by atoms with Gasteiger partial charge in [-0.3, -0.25) is 4.98 Å². The van der Waals surface area contributed by atoms with E-state index < -0.39 is 17.5 Å². The quantitative estimate of drug-likeness (QED) is 0.770. The van der Waals surface area contributed by atoms with Crippen LogP contribution in [-0.2, 0) is 9.47 Å². The third-order valence-corrected chi connectivity index (χ3v) is 1.88. The highest BCUT2D eigenvalue weighted by Gasteiger charge is 2.19. The molecule has 0 aliphatic heterocycles. The minimum atomic E-state index is -0.586. The van der Waals surface area contributed by atoms with Crippen molar-refractivity contribution < 1.29 is 19.1 Å². The molecule has 5 heteroatoms. The van der Waals surface area contributed by atoms with E-state index in [-0.39, 0.29) is 17.7 Å². The number of aromatic nitrogens is 1. The third-order valence-electron chi connectivity index (χ3n) is 1.88. The zero-order valence-electron chi connectivity index (χ0n) is 11.0. The van der Waals surface area contributed by atoms with Crippen molar-refractivity contribution in [1.82, 2.24) is 4.98 Å². The van der Waals surface area contributed by atoms with Crippen molar-refractivity contribution in [2.45, 2.75) is 33.3 Å². The van der Waals surface area contributed by atoms with Crippen molar-refractivity contribution in [3.8, 4) is 0 Å². The number of carbonyl (C=O) groups excluding carboxylic acids is 2. The molecule has 0 radical (unpaired) electrons. The Bertz CT molecular complexity index is 449. The molecule has 0 aliphatic rings. The molecule has 0 spiro atoms. The summed E-state index contributed by atoms with van der Waals surface area (Å²) < 4.78 is 10.0. The van der Waals surface area contributed by atoms with E-state index in [2.05, 4.69) is 4.98 Å². The zero-order valence-corrected chi connectivity index (χ0v) is 11.0. The fourth-order valence-corrected chi connectivity index (χ4v) is 1.21. The SMILES string of the molecule is CCOC(=O)c1cncc(C(=O)OC(C)(C)C)c1. The summed E-state index contributed by atoms with van der Waals surface area (Å²) in [4.78, 5) is 27.1. The molecule has 1 heterocycles. The van der Waals surface area contributed by atoms with Crippen LogP contribution in [0.25, 0.3) is 0 Å². The van der Waals surface area contributed by atoms with Gasteiger partial charge in [0.2, 0.25) is 0 Å². The molecule has 0 saturated heterocycles. The van der Waals surface area contributed by atoms with Crippen LogP contribution in [0.2, 0.25) is 0 Å². The minimum absolute atomic E-state index is 0.232. The van der Waals surface area contributed by atoms with Gasteiger partial charge < -0.3 is 9.47 Å². The van der Waals surface area contributed by atoms with E-state index in [1.807, 2.05) is 0 Å². The Kier molecular flexibility index (Phi) is 4.42. The molecule has 1 aromatic heterocycles. The first kappa shape index (κ1) is 14.2. The van der Waals surface area contributed by atoms with Crippen molar-refractivity contribution in [3.63, 3.8) is 0 Å². The molecule has 0 bridgehead atoms. The Morgan fingerprint density at radius 3 is 2.22 bits per heavy atom. The van der Waals surface area contributed by atoms with E-state index in [0.717, 1.165) is 0 Å². The first-order chi connectivity index (χ1) is 8.33. The zero-order chi connectivity index (χ0) is 13.8. The maximum absolute atomic E-state index is 11.8. The van der Waals surface area contributed by atoms with Crippen LogP contribution in [0.3, 0.4) is 0 Å². The van der Waals surface area contributed by atoms with Crippen LogP contribution in [0.1, 0.15) is 48.4 Å². The Labute approximate surface area is 106 Å². The molecule has 0 aromatic carbocycles. The van der Waals surface area contributed by atoms with Gasteiger partial charge in [-0.1, -0.05) is 0 Å². The summed E-state index contributed by atoms with van der Waals surface area (Å²) >= 11 is 0. The number of rotatable bonds is 3. The van der Waals surface area contributed by atoms with Crippen LogP contribution in [0.5, 0.6) is 0 Å². The molecule has 98 valence electrons. The Morgan fingerprint density at radius 2 is 1.72 bits per heavy atom. The maximum Gasteiger partial charge on any atom is 0.340 e. The fourth-order valence-electron chi connectivity index (χ4n) is 1.21. The van der Waals surface area contributed by atoms with E-state index in [4.69, 9.17) is 9.47 Å². The largest absolute Gasteiger partial charge is 0.462 e. The fraction of sp³-hybridized carbons (Fsp3) is 0.462. The number of hydrogen-bond donors (Lipinski definition) is 0. The predicted octanol–water partition coefficient (Wildman–Crippen LogP) is 2.21. The predicted molar refractivity (Wildman–Crippen MR) is 65.4 cm³/mol. The Hall–Kier alpha value is -1.91. The topological polar surface area (TPSA) is 65.5 Å². The molecule has 0 saturated carbocycles. The van der Waals surface area contributed by atoms with Gasteiger partial charge in [-0.25, -0.2) is 9.59 Å². The lowest BCUT2D eigenvalue weighted by molar-refractivity contribution is 0.00691. The van der Waals surface area contributed by atoms with E-state index in [0.29, 0.717) is 0 Å². The molecular weight excluding hydrogens is 234 g/mol. The summed E-state index contributed by atoms with van der Waals surface area (Å²) in [6, 6.07) is 1.42. The van der Waals surface area contributed by atoms with Gasteiger partial charge in [-0.05, 0) is 33.8 Å². The number of hydrogen-bond acceptors (Lipinski definition) is 5. The average molecular weight is 251 g/mol. The van der Waals surface area contributed by atoms with E-state index >= 15 is 0 Å². The highest BCUT2D eigenvalue weighted by molar-refractivity contribution is 5.94. The summed E-state index contributed by atoms with van der Waals surface area (Å²) in [5.74, 6) is -1.02. The standard InChI is InChI=1S/C13H17NO4/c1-5-17-11(15)9-6-10(8-14-7-9)12(16)18-13(2,3)4/h6-8H,5H2,1-4H3. The van der Waals surface area contributed by atoms with Gasteiger partial charge in [0.15, 0.2) is 0 Å². The summed E-state index contributed by atoms with van der Waals surface area (Å²) in [5, 5.41) is 0. The monoisotopic (exact) mass is 251 g/mol. The summed E-state index contributed by atoms with van der Waals surface area (Å²) in [6.07, 6.45) is 2.71. The van der Waals surface area contributed by atoms with Gasteiger partial charge in [-0.15, -0.1) is 0 Å². The van der Waals surface area contributed by atoms with Gasteiger partial charge >= 0.3 is 11.9 Å². The van der Waals surface area contributed by atoms with Gasteiger partial charge in [0.05, 0.1) is 17.7 Å². The molecule has 0 N–H and O–H groups in total. The lowest BCUT2D eigenvalue weighted by Crippen LogP contribution is -2.24. The van der Waals surface area contributed by atoms with E-state index in [1.54, 1.807) is 27.7 Å². The summed E-state index contributed by atoms with van der Waals surface area (Å²) in [5.41, 5.74) is -0.118. The number of esters is 2. The molecule has 0 fully saturated rings. The van der Waals surface area contributed by atoms with Crippen LogP contribution >= 0.6 is 0 Å².